The average Bonchev–Trinajstić information content (AvgIpc) is 2.72. The van der Waals surface area contributed by atoms with Crippen LogP contribution in [0.5, 0.6) is 0 Å². The SMILES string of the molecule is CCC(C)(C)c1noc(N)c1-c1cccc(Cl)c1. The highest BCUT2D eigenvalue weighted by Crippen LogP contribution is 2.38. The van der Waals surface area contributed by atoms with Gasteiger partial charge in [0.25, 0.3) is 0 Å². The fraction of sp³-hybridized carbons (Fsp3) is 0.357. The second-order valence-electron chi connectivity index (χ2n) is 5.02. The Bertz CT molecular complexity index is 561. The molecular weight excluding hydrogens is 248 g/mol. The van der Waals surface area contributed by atoms with Gasteiger partial charge in [-0.2, -0.15) is 0 Å². The quantitative estimate of drug-likeness (QED) is 0.901. The van der Waals surface area contributed by atoms with Gasteiger partial charge in [0.1, 0.15) is 0 Å². The van der Waals surface area contributed by atoms with Crippen LogP contribution in [0.15, 0.2) is 28.8 Å². The van der Waals surface area contributed by atoms with Gasteiger partial charge in [0.2, 0.25) is 5.88 Å². The lowest BCUT2D eigenvalue weighted by Crippen LogP contribution is -2.17. The van der Waals surface area contributed by atoms with Crippen molar-refractivity contribution in [3.63, 3.8) is 0 Å². The number of halogens is 1. The normalized spacial score (nSPS) is 11.8. The Morgan fingerprint density at radius 1 is 1.39 bits per heavy atom. The highest BCUT2D eigenvalue weighted by atomic mass is 35.5. The van der Waals surface area contributed by atoms with Crippen molar-refractivity contribution in [2.75, 3.05) is 5.73 Å². The van der Waals surface area contributed by atoms with Crippen LogP contribution in [0.3, 0.4) is 0 Å². The van der Waals surface area contributed by atoms with Gasteiger partial charge in [0, 0.05) is 10.4 Å². The van der Waals surface area contributed by atoms with Crippen LogP contribution in [0.1, 0.15) is 32.9 Å². The average molecular weight is 265 g/mol. The first-order valence-electron chi connectivity index (χ1n) is 5.97. The molecular formula is C14H17ClN2O. The van der Waals surface area contributed by atoms with Crippen LogP contribution in [-0.4, -0.2) is 5.16 Å². The number of anilines is 1. The number of aromatic nitrogens is 1. The molecule has 96 valence electrons. The second-order valence-corrected chi connectivity index (χ2v) is 5.45. The van der Waals surface area contributed by atoms with Gasteiger partial charge in [0.05, 0.1) is 11.3 Å². The third kappa shape index (κ3) is 2.23. The predicted octanol–water partition coefficient (Wildman–Crippen LogP) is 4.26. The van der Waals surface area contributed by atoms with Crippen molar-refractivity contribution in [3.8, 4) is 11.1 Å². The first-order chi connectivity index (χ1) is 8.45. The largest absolute Gasteiger partial charge is 0.367 e. The van der Waals surface area contributed by atoms with Gasteiger partial charge in [-0.05, 0) is 24.1 Å². The van der Waals surface area contributed by atoms with E-state index < -0.39 is 0 Å². The van der Waals surface area contributed by atoms with Crippen LogP contribution in [0.25, 0.3) is 11.1 Å². The van der Waals surface area contributed by atoms with Crippen LogP contribution in [0.4, 0.5) is 5.88 Å². The molecule has 0 radical (unpaired) electrons. The Labute approximate surface area is 112 Å². The second kappa shape index (κ2) is 4.65. The molecule has 2 aromatic rings. The van der Waals surface area contributed by atoms with Crippen molar-refractivity contribution in [1.82, 2.24) is 5.16 Å². The lowest BCUT2D eigenvalue weighted by molar-refractivity contribution is 0.391. The number of nitrogens with zero attached hydrogens (tertiary/aromatic N) is 1. The van der Waals surface area contributed by atoms with Crippen LogP contribution in [-0.2, 0) is 5.41 Å². The summed E-state index contributed by atoms with van der Waals surface area (Å²) in [6.45, 7) is 6.36. The molecule has 2 rings (SSSR count). The van der Waals surface area contributed by atoms with E-state index in [9.17, 15) is 0 Å². The highest BCUT2D eigenvalue weighted by molar-refractivity contribution is 6.30. The predicted molar refractivity (Wildman–Crippen MR) is 74.7 cm³/mol. The lowest BCUT2D eigenvalue weighted by Gasteiger charge is -2.20. The van der Waals surface area contributed by atoms with E-state index in [-0.39, 0.29) is 5.41 Å². The minimum atomic E-state index is -0.0846. The van der Waals surface area contributed by atoms with E-state index in [1.165, 1.54) is 0 Å². The minimum absolute atomic E-state index is 0.0846. The fourth-order valence-corrected chi connectivity index (χ4v) is 2.05. The van der Waals surface area contributed by atoms with E-state index in [1.807, 2.05) is 24.3 Å². The summed E-state index contributed by atoms with van der Waals surface area (Å²) in [6.07, 6.45) is 0.951. The molecule has 0 spiro atoms. The monoisotopic (exact) mass is 264 g/mol. The lowest BCUT2D eigenvalue weighted by atomic mass is 9.83. The summed E-state index contributed by atoms with van der Waals surface area (Å²) in [7, 11) is 0. The molecule has 18 heavy (non-hydrogen) atoms. The van der Waals surface area contributed by atoms with Crippen molar-refractivity contribution >= 4 is 17.5 Å². The summed E-state index contributed by atoms with van der Waals surface area (Å²) in [5, 5.41) is 4.80. The summed E-state index contributed by atoms with van der Waals surface area (Å²) in [5.74, 6) is 0.341. The summed E-state index contributed by atoms with van der Waals surface area (Å²) < 4.78 is 5.16. The van der Waals surface area contributed by atoms with E-state index in [0.717, 1.165) is 23.2 Å². The van der Waals surface area contributed by atoms with Gasteiger partial charge >= 0.3 is 0 Å². The number of hydrogen-bond donors (Lipinski definition) is 1. The third-order valence-electron chi connectivity index (χ3n) is 3.36. The van der Waals surface area contributed by atoms with Gasteiger partial charge in [-0.3, -0.25) is 0 Å². The van der Waals surface area contributed by atoms with E-state index >= 15 is 0 Å². The molecule has 4 heteroatoms. The molecule has 0 amide bonds. The van der Waals surface area contributed by atoms with Crippen molar-refractivity contribution in [2.24, 2.45) is 0 Å². The molecule has 1 aromatic heterocycles. The van der Waals surface area contributed by atoms with Crippen LogP contribution >= 0.6 is 11.6 Å². The molecule has 0 bridgehead atoms. The number of nitrogen functional groups attached to an aromatic ring is 1. The van der Waals surface area contributed by atoms with Gasteiger partial charge in [-0.1, -0.05) is 49.7 Å². The van der Waals surface area contributed by atoms with Crippen molar-refractivity contribution in [3.05, 3.63) is 35.0 Å². The van der Waals surface area contributed by atoms with Crippen LogP contribution in [0, 0.1) is 0 Å². The summed E-state index contributed by atoms with van der Waals surface area (Å²) in [5.41, 5.74) is 8.49. The van der Waals surface area contributed by atoms with Gasteiger partial charge < -0.3 is 10.3 Å². The number of benzene rings is 1. The Morgan fingerprint density at radius 3 is 2.72 bits per heavy atom. The Hall–Kier alpha value is -1.48. The standard InChI is InChI=1S/C14H17ClN2O/c1-4-14(2,3)12-11(13(16)18-17-12)9-6-5-7-10(15)8-9/h5-8H,4,16H2,1-3H3. The Morgan fingerprint density at radius 2 is 2.11 bits per heavy atom. The number of nitrogens with two attached hydrogens (primary N) is 1. The molecule has 0 unspecified atom stereocenters. The topological polar surface area (TPSA) is 52.0 Å². The van der Waals surface area contributed by atoms with E-state index in [2.05, 4.69) is 25.9 Å². The number of hydrogen-bond acceptors (Lipinski definition) is 3. The maximum atomic E-state index is 6.02. The first kappa shape index (κ1) is 13.0. The fourth-order valence-electron chi connectivity index (χ4n) is 1.86. The zero-order chi connectivity index (χ0) is 13.3. The zero-order valence-corrected chi connectivity index (χ0v) is 11.6. The van der Waals surface area contributed by atoms with Gasteiger partial charge in [-0.15, -0.1) is 0 Å². The molecule has 0 atom stereocenters. The Balaban J connectivity index is 2.61. The maximum absolute atomic E-state index is 6.02. The minimum Gasteiger partial charge on any atom is -0.367 e. The van der Waals surface area contributed by atoms with Crippen molar-refractivity contribution in [1.29, 1.82) is 0 Å². The molecule has 0 aliphatic carbocycles. The van der Waals surface area contributed by atoms with Gasteiger partial charge in [-0.25, -0.2) is 0 Å². The third-order valence-corrected chi connectivity index (χ3v) is 3.59. The zero-order valence-electron chi connectivity index (χ0n) is 10.8. The summed E-state index contributed by atoms with van der Waals surface area (Å²) in [6, 6.07) is 7.57. The first-order valence-corrected chi connectivity index (χ1v) is 6.35. The molecule has 0 fully saturated rings. The molecule has 0 saturated heterocycles. The van der Waals surface area contributed by atoms with Crippen molar-refractivity contribution < 1.29 is 4.52 Å². The maximum Gasteiger partial charge on any atom is 0.230 e. The van der Waals surface area contributed by atoms with Crippen LogP contribution in [0.2, 0.25) is 5.02 Å². The summed E-state index contributed by atoms with van der Waals surface area (Å²) >= 11 is 6.02. The molecule has 1 heterocycles. The van der Waals surface area contributed by atoms with Gasteiger partial charge in [0.15, 0.2) is 0 Å². The smallest absolute Gasteiger partial charge is 0.230 e. The molecule has 0 saturated carbocycles. The van der Waals surface area contributed by atoms with E-state index in [1.54, 1.807) is 0 Å². The molecule has 1 aromatic carbocycles. The van der Waals surface area contributed by atoms with E-state index in [0.29, 0.717) is 10.9 Å². The van der Waals surface area contributed by atoms with Crippen LogP contribution < -0.4 is 5.73 Å². The molecule has 0 aliphatic heterocycles. The van der Waals surface area contributed by atoms with E-state index in [4.69, 9.17) is 21.9 Å². The number of rotatable bonds is 3. The molecule has 0 aliphatic rings. The Kier molecular flexibility index (Phi) is 3.35. The molecule has 3 nitrogen and oxygen atoms in total. The molecule has 2 N–H and O–H groups in total. The highest BCUT2D eigenvalue weighted by Gasteiger charge is 2.28. The van der Waals surface area contributed by atoms with Crippen molar-refractivity contribution in [2.45, 2.75) is 32.6 Å². The summed E-state index contributed by atoms with van der Waals surface area (Å²) in [4.78, 5) is 0.